The lowest BCUT2D eigenvalue weighted by Crippen LogP contribution is -2.42. The second kappa shape index (κ2) is 9.29. The van der Waals surface area contributed by atoms with E-state index >= 15 is 0 Å². The summed E-state index contributed by atoms with van der Waals surface area (Å²) in [5.41, 5.74) is 1.51. The van der Waals surface area contributed by atoms with Crippen LogP contribution in [-0.4, -0.2) is 17.1 Å². The van der Waals surface area contributed by atoms with Gasteiger partial charge in [0.15, 0.2) is 0 Å². The molecule has 0 bridgehead atoms. The second-order valence-corrected chi connectivity index (χ2v) is 8.56. The van der Waals surface area contributed by atoms with E-state index in [4.69, 9.17) is 28.0 Å². The van der Waals surface area contributed by atoms with Crippen molar-refractivity contribution in [3.8, 4) is 0 Å². The highest BCUT2D eigenvalue weighted by molar-refractivity contribution is 6.34. The molecule has 5 nitrogen and oxygen atoms in total. The molecule has 0 aliphatic carbocycles. The molecule has 1 amide bonds. The zero-order valence-electron chi connectivity index (χ0n) is 17.7. The molecule has 1 aromatic heterocycles. The van der Waals surface area contributed by atoms with Gasteiger partial charge in [0.25, 0.3) is 5.91 Å². The highest BCUT2D eigenvalue weighted by Gasteiger charge is 2.59. The van der Waals surface area contributed by atoms with E-state index in [-0.39, 0.29) is 33.8 Å². The van der Waals surface area contributed by atoms with Gasteiger partial charge in [-0.1, -0.05) is 35.3 Å². The van der Waals surface area contributed by atoms with E-state index in [1.165, 1.54) is 6.07 Å². The Morgan fingerprint density at radius 1 is 1.12 bits per heavy atom. The molecule has 0 fully saturated rings. The van der Waals surface area contributed by atoms with E-state index in [1.54, 1.807) is 43.5 Å². The van der Waals surface area contributed by atoms with Crippen molar-refractivity contribution >= 4 is 34.8 Å². The lowest BCUT2D eigenvalue weighted by molar-refractivity contribution is -0.269. The number of hydrogen-bond donors (Lipinski definition) is 2. The van der Waals surface area contributed by atoms with E-state index in [0.29, 0.717) is 22.4 Å². The summed E-state index contributed by atoms with van der Waals surface area (Å²) >= 11 is 11.9. The van der Waals surface area contributed by atoms with Crippen molar-refractivity contribution in [2.45, 2.75) is 25.2 Å². The molecule has 1 aliphatic rings. The number of halogens is 5. The van der Waals surface area contributed by atoms with Crippen LogP contribution in [0.1, 0.15) is 32.7 Å². The quantitative estimate of drug-likeness (QED) is 0.447. The van der Waals surface area contributed by atoms with Crippen molar-refractivity contribution in [2.75, 3.05) is 0 Å². The predicted molar refractivity (Wildman–Crippen MR) is 123 cm³/mol. The Hall–Kier alpha value is -3.07. The Morgan fingerprint density at radius 3 is 2.47 bits per heavy atom. The first-order valence-corrected chi connectivity index (χ1v) is 10.8. The van der Waals surface area contributed by atoms with Crippen LogP contribution in [0.3, 0.4) is 0 Å². The number of benzene rings is 2. The van der Waals surface area contributed by atoms with Gasteiger partial charge < -0.3 is 5.32 Å². The number of aryl methyl sites for hydroxylation is 1. The largest absolute Gasteiger partial charge is 0.428 e. The number of pyridine rings is 1. The molecule has 34 heavy (non-hydrogen) atoms. The van der Waals surface area contributed by atoms with Crippen LogP contribution in [0, 0.1) is 6.92 Å². The number of rotatable bonds is 5. The molecule has 4 rings (SSSR count). The van der Waals surface area contributed by atoms with Gasteiger partial charge in [0.05, 0.1) is 17.9 Å². The zero-order valence-corrected chi connectivity index (χ0v) is 19.2. The van der Waals surface area contributed by atoms with Crippen molar-refractivity contribution in [1.29, 1.82) is 0 Å². The number of carbonyl (C=O) groups excluding carboxylic acids is 1. The minimum Gasteiger partial charge on any atom is -0.346 e. The first-order valence-electron chi connectivity index (χ1n) is 10.1. The fraction of sp³-hybridized carbons (Fsp3) is 0.167. The van der Waals surface area contributed by atoms with E-state index in [0.717, 1.165) is 18.2 Å². The number of alkyl halides is 3. The summed E-state index contributed by atoms with van der Waals surface area (Å²) in [4.78, 5) is 21.8. The lowest BCUT2D eigenvalue weighted by atomic mass is 9.91. The average molecular weight is 508 g/mol. The van der Waals surface area contributed by atoms with Crippen LogP contribution < -0.4 is 10.8 Å². The highest BCUT2D eigenvalue weighted by Crippen LogP contribution is 2.48. The summed E-state index contributed by atoms with van der Waals surface area (Å²) in [5.74, 6) is -0.322. The van der Waals surface area contributed by atoms with Crippen LogP contribution in [-0.2, 0) is 17.0 Å². The van der Waals surface area contributed by atoms with E-state index in [9.17, 15) is 18.0 Å². The molecule has 0 radical (unpaired) electrons. The summed E-state index contributed by atoms with van der Waals surface area (Å²) in [6, 6.07) is 13.7. The average Bonchev–Trinajstić information content (AvgIpc) is 3.25. The molecule has 0 saturated carbocycles. The molecule has 2 aromatic carbocycles. The Labute approximate surface area is 203 Å². The number of amides is 1. The third kappa shape index (κ3) is 4.75. The van der Waals surface area contributed by atoms with Crippen LogP contribution in [0.2, 0.25) is 10.0 Å². The van der Waals surface area contributed by atoms with Gasteiger partial charge >= 0.3 is 6.18 Å². The molecule has 2 heterocycles. The maximum absolute atomic E-state index is 14.2. The van der Waals surface area contributed by atoms with Gasteiger partial charge in [0.2, 0.25) is 5.60 Å². The van der Waals surface area contributed by atoms with Crippen molar-refractivity contribution in [3.05, 3.63) is 105 Å². The fourth-order valence-corrected chi connectivity index (χ4v) is 4.13. The Bertz CT molecular complexity index is 1250. The number of nitrogens with zero attached hydrogens (tertiary/aromatic N) is 1. The standard InChI is InChI=1S/C24H18Cl2F3N3O2/c1-14-8-15(5-6-20(14)22(33)31-13-19-4-2-3-7-30-19)21-12-23(34-32-21,24(27,28)29)16-9-17(25)11-18(26)10-16/h2-12,32H,13H2,1H3,(H,31,33). The van der Waals surface area contributed by atoms with Crippen LogP contribution in [0.4, 0.5) is 13.2 Å². The smallest absolute Gasteiger partial charge is 0.346 e. The first kappa shape index (κ1) is 24.1. The molecular weight excluding hydrogens is 490 g/mol. The molecule has 2 N–H and O–H groups in total. The van der Waals surface area contributed by atoms with Gasteiger partial charge in [-0.2, -0.15) is 13.2 Å². The molecule has 10 heteroatoms. The summed E-state index contributed by atoms with van der Waals surface area (Å²) in [6.07, 6.45) is -2.25. The Kier molecular flexibility index (Phi) is 6.58. The van der Waals surface area contributed by atoms with Crippen LogP contribution in [0.15, 0.2) is 66.9 Å². The second-order valence-electron chi connectivity index (χ2n) is 7.69. The molecule has 1 aliphatic heterocycles. The van der Waals surface area contributed by atoms with Crippen LogP contribution >= 0.6 is 23.2 Å². The van der Waals surface area contributed by atoms with E-state index < -0.39 is 11.8 Å². The minimum atomic E-state index is -4.81. The van der Waals surface area contributed by atoms with Gasteiger partial charge in [-0.3, -0.25) is 20.1 Å². The number of hydrogen-bond acceptors (Lipinski definition) is 4. The highest BCUT2D eigenvalue weighted by atomic mass is 35.5. The van der Waals surface area contributed by atoms with Gasteiger partial charge in [-0.05, 0) is 66.6 Å². The van der Waals surface area contributed by atoms with Crippen LogP contribution in [0.25, 0.3) is 5.70 Å². The Morgan fingerprint density at radius 2 is 1.85 bits per heavy atom. The maximum Gasteiger partial charge on any atom is 0.428 e. The third-order valence-corrected chi connectivity index (χ3v) is 5.76. The lowest BCUT2D eigenvalue weighted by Gasteiger charge is -2.28. The van der Waals surface area contributed by atoms with Crippen molar-refractivity contribution in [1.82, 2.24) is 15.8 Å². The summed E-state index contributed by atoms with van der Waals surface area (Å²) in [6.45, 7) is 1.95. The van der Waals surface area contributed by atoms with Crippen molar-refractivity contribution in [2.24, 2.45) is 0 Å². The van der Waals surface area contributed by atoms with Crippen molar-refractivity contribution < 1.29 is 22.8 Å². The Balaban J connectivity index is 1.61. The molecule has 1 unspecified atom stereocenters. The molecule has 1 atom stereocenters. The third-order valence-electron chi connectivity index (χ3n) is 5.32. The number of carbonyl (C=O) groups is 1. The summed E-state index contributed by atoms with van der Waals surface area (Å²) in [5, 5.41) is 2.88. The number of nitrogens with one attached hydrogen (secondary N) is 2. The fourth-order valence-electron chi connectivity index (χ4n) is 3.61. The van der Waals surface area contributed by atoms with Crippen molar-refractivity contribution in [3.63, 3.8) is 0 Å². The van der Waals surface area contributed by atoms with Crippen LogP contribution in [0.5, 0.6) is 0 Å². The molecule has 3 aromatic rings. The molecule has 176 valence electrons. The van der Waals surface area contributed by atoms with Gasteiger partial charge in [0.1, 0.15) is 0 Å². The van der Waals surface area contributed by atoms with Gasteiger partial charge in [0, 0.05) is 27.4 Å². The van der Waals surface area contributed by atoms with E-state index in [2.05, 4.69) is 15.8 Å². The normalized spacial score (nSPS) is 17.8. The monoisotopic (exact) mass is 507 g/mol. The topological polar surface area (TPSA) is 63.2 Å². The van der Waals surface area contributed by atoms with Gasteiger partial charge in [-0.25, -0.2) is 0 Å². The first-order chi connectivity index (χ1) is 16.1. The maximum atomic E-state index is 14.2. The zero-order chi connectivity index (χ0) is 24.5. The molecule has 0 spiro atoms. The summed E-state index contributed by atoms with van der Waals surface area (Å²) in [7, 11) is 0. The molecule has 0 saturated heterocycles. The SMILES string of the molecule is Cc1cc(C2=CC(c3cc(Cl)cc(Cl)c3)(C(F)(F)F)ON2)ccc1C(=O)NCc1ccccn1. The van der Waals surface area contributed by atoms with Gasteiger partial charge in [-0.15, -0.1) is 0 Å². The number of aromatic nitrogens is 1. The molecular formula is C24H18Cl2F3N3O2. The predicted octanol–water partition coefficient (Wildman–Crippen LogP) is 5.96. The van der Waals surface area contributed by atoms with E-state index in [1.807, 2.05) is 6.07 Å². The minimum absolute atomic E-state index is 0.0495. The summed E-state index contributed by atoms with van der Waals surface area (Å²) < 4.78 is 42.5. The number of hydroxylamine groups is 1.